The minimum Gasteiger partial charge on any atom is -0.481 e. The Kier molecular flexibility index (Phi) is 7.07. The van der Waals surface area contributed by atoms with Crippen molar-refractivity contribution >= 4 is 29.6 Å². The zero-order chi connectivity index (χ0) is 24.1. The number of aliphatic carboxylic acids is 1. The third-order valence-corrected chi connectivity index (χ3v) is 6.69. The second-order valence-corrected chi connectivity index (χ2v) is 8.68. The third kappa shape index (κ3) is 4.44. The Morgan fingerprint density at radius 2 is 2.06 bits per heavy atom. The molecule has 7 nitrogen and oxygen atoms in total. The highest BCUT2D eigenvalue weighted by atomic mass is 16.4. The molecular weight excluding hydrogens is 430 g/mol. The van der Waals surface area contributed by atoms with Crippen LogP contribution in [0.5, 0.6) is 0 Å². The SMILES string of the molecule is N#CCCc1cc2c(cc1C(CC=O)C(=O)O)c1c(n2Cc2ccccc2)CCCC1NC=O. The number of carboxylic acid groups (broad SMARTS) is 1. The summed E-state index contributed by atoms with van der Waals surface area (Å²) in [4.78, 5) is 34.7. The number of benzene rings is 2. The van der Waals surface area contributed by atoms with Gasteiger partial charge in [-0.1, -0.05) is 30.3 Å². The lowest BCUT2D eigenvalue weighted by atomic mass is 9.86. The second-order valence-electron chi connectivity index (χ2n) is 8.68. The fourth-order valence-corrected chi connectivity index (χ4v) is 5.19. The maximum absolute atomic E-state index is 12.1. The number of nitrogens with one attached hydrogen (secondary N) is 1. The number of hydrogen-bond donors (Lipinski definition) is 2. The largest absolute Gasteiger partial charge is 0.481 e. The van der Waals surface area contributed by atoms with Crippen molar-refractivity contribution in [2.75, 3.05) is 0 Å². The van der Waals surface area contributed by atoms with Gasteiger partial charge in [-0.25, -0.2) is 0 Å². The van der Waals surface area contributed by atoms with Crippen molar-refractivity contribution in [3.05, 3.63) is 70.4 Å². The summed E-state index contributed by atoms with van der Waals surface area (Å²) in [5, 5.41) is 22.9. The zero-order valence-electron chi connectivity index (χ0n) is 18.9. The Bertz CT molecular complexity index is 1260. The van der Waals surface area contributed by atoms with Crippen molar-refractivity contribution in [1.29, 1.82) is 5.26 Å². The lowest BCUT2D eigenvalue weighted by Crippen LogP contribution is -2.24. The molecule has 174 valence electrons. The molecule has 34 heavy (non-hydrogen) atoms. The van der Waals surface area contributed by atoms with Gasteiger partial charge in [0.05, 0.1) is 18.0 Å². The van der Waals surface area contributed by atoms with Crippen molar-refractivity contribution in [1.82, 2.24) is 9.88 Å². The van der Waals surface area contributed by atoms with Crippen LogP contribution in [0, 0.1) is 11.3 Å². The summed E-state index contributed by atoms with van der Waals surface area (Å²) in [6.45, 7) is 0.647. The first-order valence-electron chi connectivity index (χ1n) is 11.5. The molecule has 2 atom stereocenters. The van der Waals surface area contributed by atoms with Gasteiger partial charge in [-0.15, -0.1) is 0 Å². The first-order chi connectivity index (χ1) is 16.6. The molecule has 1 heterocycles. The molecule has 0 saturated heterocycles. The summed E-state index contributed by atoms with van der Waals surface area (Å²) in [7, 11) is 0. The summed E-state index contributed by atoms with van der Waals surface area (Å²) in [6, 6.07) is 16.0. The summed E-state index contributed by atoms with van der Waals surface area (Å²) in [6.07, 6.45) is 4.45. The number of nitrogens with zero attached hydrogens (tertiary/aromatic N) is 2. The topological polar surface area (TPSA) is 112 Å². The minimum atomic E-state index is -1.06. The third-order valence-electron chi connectivity index (χ3n) is 6.69. The molecule has 0 spiro atoms. The number of aldehydes is 1. The molecular formula is C27H27N3O4. The van der Waals surface area contributed by atoms with Gasteiger partial charge in [-0.3, -0.25) is 9.59 Å². The van der Waals surface area contributed by atoms with E-state index in [1.54, 1.807) is 0 Å². The number of amides is 1. The van der Waals surface area contributed by atoms with E-state index in [9.17, 15) is 24.8 Å². The van der Waals surface area contributed by atoms with Crippen LogP contribution in [-0.2, 0) is 33.8 Å². The van der Waals surface area contributed by atoms with Crippen LogP contribution >= 0.6 is 0 Å². The van der Waals surface area contributed by atoms with E-state index >= 15 is 0 Å². The van der Waals surface area contributed by atoms with Crippen LogP contribution in [-0.4, -0.2) is 28.3 Å². The van der Waals surface area contributed by atoms with E-state index in [2.05, 4.69) is 28.1 Å². The Morgan fingerprint density at radius 3 is 2.74 bits per heavy atom. The van der Waals surface area contributed by atoms with Crippen molar-refractivity contribution in [2.45, 2.75) is 57.0 Å². The Labute approximate surface area is 198 Å². The first-order valence-corrected chi connectivity index (χ1v) is 11.5. The van der Waals surface area contributed by atoms with Gasteiger partial charge in [0.15, 0.2) is 0 Å². The van der Waals surface area contributed by atoms with Gasteiger partial charge in [0.2, 0.25) is 6.41 Å². The highest BCUT2D eigenvalue weighted by molar-refractivity contribution is 5.90. The van der Waals surface area contributed by atoms with Gasteiger partial charge in [0.1, 0.15) is 6.29 Å². The average molecular weight is 458 g/mol. The van der Waals surface area contributed by atoms with Gasteiger partial charge in [0.25, 0.3) is 0 Å². The zero-order valence-corrected chi connectivity index (χ0v) is 18.9. The predicted octanol–water partition coefficient (Wildman–Crippen LogP) is 4.03. The molecule has 0 aliphatic heterocycles. The molecule has 2 N–H and O–H groups in total. The molecule has 0 bridgehead atoms. The van der Waals surface area contributed by atoms with Crippen LogP contribution in [0.2, 0.25) is 0 Å². The lowest BCUT2D eigenvalue weighted by Gasteiger charge is -2.24. The lowest BCUT2D eigenvalue weighted by molar-refractivity contribution is -0.139. The number of rotatable bonds is 10. The summed E-state index contributed by atoms with van der Waals surface area (Å²) >= 11 is 0. The standard InChI is InChI=1S/C27H27N3O4/c28-12-5-8-19-14-25-22(15-21(19)20(11-13-31)27(33)34)26-23(29-17-32)9-4-10-24(26)30(25)16-18-6-2-1-3-7-18/h1-3,6-7,13-15,17,20,23H,4-5,8-11,16H2,(H,29,32)(H,33,34). The van der Waals surface area contributed by atoms with Gasteiger partial charge < -0.3 is 19.8 Å². The number of aryl methyl sites for hydroxylation is 1. The molecule has 1 aliphatic carbocycles. The normalized spacial score (nSPS) is 15.8. The Morgan fingerprint density at radius 1 is 1.26 bits per heavy atom. The summed E-state index contributed by atoms with van der Waals surface area (Å²) in [5.41, 5.74) is 5.59. The van der Waals surface area contributed by atoms with E-state index in [-0.39, 0.29) is 18.9 Å². The number of carboxylic acids is 1. The highest BCUT2D eigenvalue weighted by Gasteiger charge is 2.30. The maximum atomic E-state index is 12.1. The van der Waals surface area contributed by atoms with E-state index in [4.69, 9.17) is 0 Å². The summed E-state index contributed by atoms with van der Waals surface area (Å²) in [5.74, 6) is -2.05. The molecule has 0 saturated carbocycles. The molecule has 2 unspecified atom stereocenters. The van der Waals surface area contributed by atoms with E-state index < -0.39 is 11.9 Å². The molecule has 1 aliphatic rings. The first kappa shape index (κ1) is 23.2. The number of hydrogen-bond acceptors (Lipinski definition) is 4. The number of aromatic nitrogens is 1. The fourth-order valence-electron chi connectivity index (χ4n) is 5.19. The van der Waals surface area contributed by atoms with Crippen LogP contribution in [0.3, 0.4) is 0 Å². The van der Waals surface area contributed by atoms with Crippen LogP contribution in [0.15, 0.2) is 42.5 Å². The molecule has 2 aromatic carbocycles. The van der Waals surface area contributed by atoms with Gasteiger partial charge >= 0.3 is 5.97 Å². The average Bonchev–Trinajstić information content (AvgIpc) is 3.14. The smallest absolute Gasteiger partial charge is 0.311 e. The molecule has 0 radical (unpaired) electrons. The number of fused-ring (bicyclic) bond motifs is 3. The molecule has 0 fully saturated rings. The fraction of sp³-hybridized carbons (Fsp3) is 0.333. The van der Waals surface area contributed by atoms with Crippen molar-refractivity contribution < 1.29 is 19.5 Å². The van der Waals surface area contributed by atoms with E-state index in [0.717, 1.165) is 59.0 Å². The molecule has 3 aromatic rings. The van der Waals surface area contributed by atoms with Crippen LogP contribution < -0.4 is 5.32 Å². The monoisotopic (exact) mass is 457 g/mol. The molecule has 4 rings (SSSR count). The van der Waals surface area contributed by atoms with Crippen molar-refractivity contribution in [3.63, 3.8) is 0 Å². The Balaban J connectivity index is 1.99. The van der Waals surface area contributed by atoms with Crippen LogP contribution in [0.4, 0.5) is 0 Å². The Hall–Kier alpha value is -3.92. The number of carbonyl (C=O) groups excluding carboxylic acids is 2. The van der Waals surface area contributed by atoms with Gasteiger partial charge in [0, 0.05) is 41.5 Å². The van der Waals surface area contributed by atoms with Crippen LogP contribution in [0.1, 0.15) is 65.6 Å². The number of nitriles is 1. The van der Waals surface area contributed by atoms with Crippen molar-refractivity contribution in [2.24, 2.45) is 0 Å². The molecule has 1 aromatic heterocycles. The molecule has 1 amide bonds. The predicted molar refractivity (Wildman–Crippen MR) is 127 cm³/mol. The quantitative estimate of drug-likeness (QED) is 0.447. The summed E-state index contributed by atoms with van der Waals surface area (Å²) < 4.78 is 2.26. The second kappa shape index (κ2) is 10.3. The van der Waals surface area contributed by atoms with Gasteiger partial charge in [-0.2, -0.15) is 5.26 Å². The minimum absolute atomic E-state index is 0.136. The van der Waals surface area contributed by atoms with Gasteiger partial charge in [-0.05, 0) is 54.5 Å². The highest BCUT2D eigenvalue weighted by Crippen LogP contribution is 2.41. The van der Waals surface area contributed by atoms with E-state index in [0.29, 0.717) is 24.8 Å². The maximum Gasteiger partial charge on any atom is 0.311 e. The van der Waals surface area contributed by atoms with Crippen molar-refractivity contribution in [3.8, 4) is 6.07 Å². The van der Waals surface area contributed by atoms with E-state index in [1.807, 2.05) is 30.3 Å². The van der Waals surface area contributed by atoms with E-state index in [1.165, 1.54) is 0 Å². The van der Waals surface area contributed by atoms with Crippen LogP contribution in [0.25, 0.3) is 10.9 Å². The number of carbonyl (C=O) groups is 3. The molecule has 7 heteroatoms.